The molecule has 1 atom stereocenters. The molecule has 1 N–H and O–H groups in total. The summed E-state index contributed by atoms with van der Waals surface area (Å²) in [5.41, 5.74) is 0. The lowest BCUT2D eigenvalue weighted by Crippen LogP contribution is -2.22. The second-order valence-electron chi connectivity index (χ2n) is 3.26. The van der Waals surface area contributed by atoms with Gasteiger partial charge in [0.1, 0.15) is 6.10 Å². The van der Waals surface area contributed by atoms with Crippen LogP contribution in [0.5, 0.6) is 0 Å². The monoisotopic (exact) mass is 213 g/mol. The van der Waals surface area contributed by atoms with Crippen molar-refractivity contribution in [3.8, 4) is 0 Å². The largest absolute Gasteiger partial charge is 0.376 e. The molecule has 1 aliphatic rings. The third-order valence-corrected chi connectivity index (χ3v) is 2.11. The minimum absolute atomic E-state index is 0.183. The molecule has 0 aromatic carbocycles. The maximum absolute atomic E-state index is 5.45. The van der Waals surface area contributed by atoms with Crippen LogP contribution in [0.25, 0.3) is 0 Å². The quantitative estimate of drug-likeness (QED) is 0.774. The van der Waals surface area contributed by atoms with Gasteiger partial charge in [0.15, 0.2) is 0 Å². The summed E-state index contributed by atoms with van der Waals surface area (Å²) in [6.07, 6.45) is -0.183. The molecule has 0 radical (unpaired) electrons. The molecule has 1 aliphatic heterocycles. The average molecular weight is 213 g/mol. The van der Waals surface area contributed by atoms with E-state index in [1.807, 2.05) is 6.92 Å². The molecule has 0 spiro atoms. The topological polar surface area (TPSA) is 69.4 Å². The molecular weight excluding hydrogens is 198 g/mol. The molecule has 1 fully saturated rings. The lowest BCUT2D eigenvalue weighted by molar-refractivity contribution is -0.0941. The van der Waals surface area contributed by atoms with Crippen LogP contribution in [0.4, 0.5) is 0 Å². The van der Waals surface area contributed by atoms with E-state index < -0.39 is 0 Å². The molecule has 1 aromatic rings. The molecule has 1 saturated heterocycles. The second-order valence-corrected chi connectivity index (χ2v) is 3.26. The maximum Gasteiger partial charge on any atom is 0.240 e. The minimum Gasteiger partial charge on any atom is -0.376 e. The first kappa shape index (κ1) is 10.5. The fraction of sp³-hybridized carbons (Fsp3) is 0.778. The normalized spacial score (nSPS) is 21.8. The standard InChI is InChI=1S/C9H15N3O3/c1-2-10-5-8-11-9(12-15-8)7-6-13-3-4-14-7/h7,10H,2-6H2,1H3. The second kappa shape index (κ2) is 5.20. The summed E-state index contributed by atoms with van der Waals surface area (Å²) in [4.78, 5) is 4.23. The van der Waals surface area contributed by atoms with Crippen LogP contribution in [0.1, 0.15) is 24.7 Å². The van der Waals surface area contributed by atoms with Crippen molar-refractivity contribution in [2.24, 2.45) is 0 Å². The first-order valence-corrected chi connectivity index (χ1v) is 5.12. The van der Waals surface area contributed by atoms with E-state index in [2.05, 4.69) is 15.5 Å². The van der Waals surface area contributed by atoms with Crippen LogP contribution < -0.4 is 5.32 Å². The number of nitrogens with one attached hydrogen (secondary N) is 1. The number of hydrogen-bond donors (Lipinski definition) is 1. The third-order valence-electron chi connectivity index (χ3n) is 2.11. The highest BCUT2D eigenvalue weighted by Crippen LogP contribution is 2.17. The molecule has 0 saturated carbocycles. The molecule has 0 amide bonds. The molecular formula is C9H15N3O3. The van der Waals surface area contributed by atoms with E-state index in [0.29, 0.717) is 38.1 Å². The predicted molar refractivity (Wildman–Crippen MR) is 51.2 cm³/mol. The molecule has 1 aromatic heterocycles. The fourth-order valence-corrected chi connectivity index (χ4v) is 1.34. The predicted octanol–water partition coefficient (Wildman–Crippen LogP) is 0.267. The summed E-state index contributed by atoms with van der Waals surface area (Å²) in [6, 6.07) is 0. The van der Waals surface area contributed by atoms with Crippen molar-refractivity contribution >= 4 is 0 Å². The molecule has 6 nitrogen and oxygen atoms in total. The fourth-order valence-electron chi connectivity index (χ4n) is 1.34. The Morgan fingerprint density at radius 2 is 2.40 bits per heavy atom. The van der Waals surface area contributed by atoms with Gasteiger partial charge in [-0.1, -0.05) is 12.1 Å². The van der Waals surface area contributed by atoms with Crippen molar-refractivity contribution in [1.29, 1.82) is 0 Å². The van der Waals surface area contributed by atoms with E-state index in [4.69, 9.17) is 14.0 Å². The smallest absolute Gasteiger partial charge is 0.240 e. The van der Waals surface area contributed by atoms with Gasteiger partial charge >= 0.3 is 0 Å². The van der Waals surface area contributed by atoms with Gasteiger partial charge in [0.25, 0.3) is 0 Å². The lowest BCUT2D eigenvalue weighted by Gasteiger charge is -2.19. The van der Waals surface area contributed by atoms with Gasteiger partial charge in [0, 0.05) is 0 Å². The Balaban J connectivity index is 1.93. The van der Waals surface area contributed by atoms with E-state index in [-0.39, 0.29) is 6.10 Å². The van der Waals surface area contributed by atoms with Crippen molar-refractivity contribution in [2.75, 3.05) is 26.4 Å². The number of hydrogen-bond acceptors (Lipinski definition) is 6. The first-order chi connectivity index (χ1) is 7.40. The van der Waals surface area contributed by atoms with Crippen LogP contribution in [0.2, 0.25) is 0 Å². The first-order valence-electron chi connectivity index (χ1n) is 5.12. The van der Waals surface area contributed by atoms with Crippen molar-refractivity contribution < 1.29 is 14.0 Å². The molecule has 0 bridgehead atoms. The molecule has 1 unspecified atom stereocenters. The Labute approximate surface area is 87.9 Å². The van der Waals surface area contributed by atoms with Crippen LogP contribution in [0.3, 0.4) is 0 Å². The Kier molecular flexibility index (Phi) is 3.65. The van der Waals surface area contributed by atoms with Gasteiger partial charge in [-0.25, -0.2) is 0 Å². The van der Waals surface area contributed by atoms with E-state index in [1.165, 1.54) is 0 Å². The molecule has 84 valence electrons. The summed E-state index contributed by atoms with van der Waals surface area (Å²) in [5, 5.41) is 6.97. The van der Waals surface area contributed by atoms with Crippen LogP contribution in [-0.2, 0) is 16.0 Å². The molecule has 2 heterocycles. The Morgan fingerprint density at radius 3 is 3.13 bits per heavy atom. The molecule has 0 aliphatic carbocycles. The van der Waals surface area contributed by atoms with Crippen molar-refractivity contribution in [3.05, 3.63) is 11.7 Å². The highest BCUT2D eigenvalue weighted by molar-refractivity contribution is 4.92. The number of ether oxygens (including phenoxy) is 2. The van der Waals surface area contributed by atoms with Gasteiger partial charge in [-0.2, -0.15) is 4.98 Å². The van der Waals surface area contributed by atoms with Gasteiger partial charge in [-0.3, -0.25) is 0 Å². The average Bonchev–Trinajstić information content (AvgIpc) is 2.76. The van der Waals surface area contributed by atoms with E-state index in [0.717, 1.165) is 6.54 Å². The Morgan fingerprint density at radius 1 is 1.47 bits per heavy atom. The number of rotatable bonds is 4. The third kappa shape index (κ3) is 2.74. The van der Waals surface area contributed by atoms with Crippen molar-refractivity contribution in [1.82, 2.24) is 15.5 Å². The van der Waals surface area contributed by atoms with E-state index >= 15 is 0 Å². The summed E-state index contributed by atoms with van der Waals surface area (Å²) < 4.78 is 15.8. The molecule has 15 heavy (non-hydrogen) atoms. The van der Waals surface area contributed by atoms with Gasteiger partial charge in [-0.05, 0) is 6.54 Å². The number of aromatic nitrogens is 2. The van der Waals surface area contributed by atoms with Crippen molar-refractivity contribution in [3.63, 3.8) is 0 Å². The van der Waals surface area contributed by atoms with Gasteiger partial charge < -0.3 is 19.3 Å². The summed E-state index contributed by atoms with van der Waals surface area (Å²) in [5.74, 6) is 1.16. The summed E-state index contributed by atoms with van der Waals surface area (Å²) >= 11 is 0. The highest BCUT2D eigenvalue weighted by atomic mass is 16.6. The highest BCUT2D eigenvalue weighted by Gasteiger charge is 2.21. The molecule has 6 heteroatoms. The van der Waals surface area contributed by atoms with Crippen LogP contribution >= 0.6 is 0 Å². The zero-order valence-electron chi connectivity index (χ0n) is 8.73. The summed E-state index contributed by atoms with van der Waals surface area (Å²) in [6.45, 7) is 5.22. The van der Waals surface area contributed by atoms with Crippen LogP contribution in [-0.4, -0.2) is 36.5 Å². The Bertz CT molecular complexity index is 297. The minimum atomic E-state index is -0.183. The van der Waals surface area contributed by atoms with Gasteiger partial charge in [0.05, 0.1) is 26.4 Å². The zero-order valence-corrected chi connectivity index (χ0v) is 8.73. The van der Waals surface area contributed by atoms with Crippen LogP contribution in [0.15, 0.2) is 4.52 Å². The van der Waals surface area contributed by atoms with Crippen molar-refractivity contribution in [2.45, 2.75) is 19.6 Å². The summed E-state index contributed by atoms with van der Waals surface area (Å²) in [7, 11) is 0. The zero-order chi connectivity index (χ0) is 10.5. The number of nitrogens with zero attached hydrogens (tertiary/aromatic N) is 2. The van der Waals surface area contributed by atoms with E-state index in [1.54, 1.807) is 0 Å². The van der Waals surface area contributed by atoms with Gasteiger partial charge in [0.2, 0.25) is 11.7 Å². The lowest BCUT2D eigenvalue weighted by atomic mass is 10.3. The van der Waals surface area contributed by atoms with Gasteiger partial charge in [-0.15, -0.1) is 0 Å². The Hall–Kier alpha value is -0.980. The van der Waals surface area contributed by atoms with Crippen LogP contribution in [0, 0.1) is 0 Å². The van der Waals surface area contributed by atoms with E-state index in [9.17, 15) is 0 Å². The maximum atomic E-state index is 5.45. The molecule has 2 rings (SSSR count). The SMILES string of the molecule is CCNCc1nc(C2COCCO2)no1.